The van der Waals surface area contributed by atoms with Gasteiger partial charge in [0.15, 0.2) is 0 Å². The average Bonchev–Trinajstić information content (AvgIpc) is 2.93. The normalized spacial score (nSPS) is 16.8. The zero-order valence-corrected chi connectivity index (χ0v) is 13.8. The standard InChI is InChI=1S/C16H22N2S2/c1-12(16-4-3-9-19-16)18(2)11-15-8-7-14(20-15)10-17-13-5-6-13/h3-4,7-9,12-13,17H,5-6,10-11H2,1-2H3. The molecule has 1 aliphatic rings. The van der Waals surface area contributed by atoms with Gasteiger partial charge in [-0.3, -0.25) is 4.90 Å². The number of nitrogens with zero attached hydrogens (tertiary/aromatic N) is 1. The second-order valence-corrected chi connectivity index (χ2v) is 7.86. The molecule has 0 saturated heterocycles. The smallest absolute Gasteiger partial charge is 0.0414 e. The van der Waals surface area contributed by atoms with Crippen molar-refractivity contribution < 1.29 is 0 Å². The predicted octanol–water partition coefficient (Wildman–Crippen LogP) is 4.25. The summed E-state index contributed by atoms with van der Waals surface area (Å²) in [5.41, 5.74) is 0. The lowest BCUT2D eigenvalue weighted by atomic mass is 10.2. The molecule has 3 rings (SSSR count). The second-order valence-electron chi connectivity index (χ2n) is 5.63. The Morgan fingerprint density at radius 3 is 2.80 bits per heavy atom. The van der Waals surface area contributed by atoms with Gasteiger partial charge in [0, 0.05) is 39.8 Å². The summed E-state index contributed by atoms with van der Waals surface area (Å²) in [6.45, 7) is 4.36. The first-order valence-corrected chi connectivity index (χ1v) is 8.96. The molecule has 20 heavy (non-hydrogen) atoms. The number of nitrogens with one attached hydrogen (secondary N) is 1. The van der Waals surface area contributed by atoms with Crippen molar-refractivity contribution in [2.75, 3.05) is 7.05 Å². The maximum Gasteiger partial charge on any atom is 0.0414 e. The summed E-state index contributed by atoms with van der Waals surface area (Å²) >= 11 is 3.79. The van der Waals surface area contributed by atoms with E-state index in [0.29, 0.717) is 6.04 Å². The molecule has 2 nitrogen and oxygen atoms in total. The van der Waals surface area contributed by atoms with Gasteiger partial charge in [0.1, 0.15) is 0 Å². The quantitative estimate of drug-likeness (QED) is 0.822. The maximum atomic E-state index is 3.58. The van der Waals surface area contributed by atoms with Crippen LogP contribution in [0.5, 0.6) is 0 Å². The van der Waals surface area contributed by atoms with E-state index in [1.165, 1.54) is 27.5 Å². The van der Waals surface area contributed by atoms with Gasteiger partial charge in [0.05, 0.1) is 0 Å². The van der Waals surface area contributed by atoms with Crippen LogP contribution in [0.2, 0.25) is 0 Å². The molecule has 1 aliphatic carbocycles. The highest BCUT2D eigenvalue weighted by Gasteiger charge is 2.20. The van der Waals surface area contributed by atoms with Gasteiger partial charge in [-0.25, -0.2) is 0 Å². The Balaban J connectivity index is 1.53. The SMILES string of the molecule is CC(c1cccs1)N(C)Cc1ccc(CNC2CC2)s1. The van der Waals surface area contributed by atoms with E-state index in [-0.39, 0.29) is 0 Å². The monoisotopic (exact) mass is 306 g/mol. The Labute approximate surface area is 129 Å². The van der Waals surface area contributed by atoms with Crippen LogP contribution < -0.4 is 5.32 Å². The van der Waals surface area contributed by atoms with Crippen molar-refractivity contribution in [1.82, 2.24) is 10.2 Å². The van der Waals surface area contributed by atoms with Gasteiger partial charge < -0.3 is 5.32 Å². The molecule has 1 unspecified atom stereocenters. The molecular formula is C16H22N2S2. The summed E-state index contributed by atoms with van der Waals surface area (Å²) in [6, 6.07) is 10.2. The first-order valence-electron chi connectivity index (χ1n) is 7.27. The molecule has 1 N–H and O–H groups in total. The summed E-state index contributed by atoms with van der Waals surface area (Å²) in [5.74, 6) is 0. The molecule has 1 atom stereocenters. The minimum Gasteiger partial charge on any atom is -0.309 e. The minimum atomic E-state index is 0.491. The maximum absolute atomic E-state index is 3.58. The third-order valence-corrected chi connectivity index (χ3v) is 5.99. The van der Waals surface area contributed by atoms with E-state index in [0.717, 1.165) is 19.1 Å². The fourth-order valence-corrected chi connectivity index (χ4v) is 4.14. The van der Waals surface area contributed by atoms with Crippen molar-refractivity contribution >= 4 is 22.7 Å². The van der Waals surface area contributed by atoms with E-state index >= 15 is 0 Å². The van der Waals surface area contributed by atoms with Gasteiger partial charge in [-0.15, -0.1) is 22.7 Å². The lowest BCUT2D eigenvalue weighted by Gasteiger charge is -2.23. The third kappa shape index (κ3) is 3.70. The summed E-state index contributed by atoms with van der Waals surface area (Å²) in [7, 11) is 2.21. The van der Waals surface area contributed by atoms with E-state index in [1.54, 1.807) is 0 Å². The van der Waals surface area contributed by atoms with Gasteiger partial charge >= 0.3 is 0 Å². The van der Waals surface area contributed by atoms with Crippen LogP contribution in [0.3, 0.4) is 0 Å². The molecule has 0 amide bonds. The van der Waals surface area contributed by atoms with Gasteiger partial charge in [-0.1, -0.05) is 6.07 Å². The highest BCUT2D eigenvalue weighted by molar-refractivity contribution is 7.12. The Morgan fingerprint density at radius 1 is 1.30 bits per heavy atom. The number of hydrogen-bond acceptors (Lipinski definition) is 4. The van der Waals surface area contributed by atoms with Gasteiger partial charge in [-0.05, 0) is 50.4 Å². The van der Waals surface area contributed by atoms with E-state index in [1.807, 2.05) is 22.7 Å². The lowest BCUT2D eigenvalue weighted by molar-refractivity contribution is 0.259. The highest BCUT2D eigenvalue weighted by atomic mass is 32.1. The molecule has 0 radical (unpaired) electrons. The molecule has 0 aliphatic heterocycles. The topological polar surface area (TPSA) is 15.3 Å². The molecule has 1 fully saturated rings. The first kappa shape index (κ1) is 14.3. The second kappa shape index (κ2) is 6.39. The largest absolute Gasteiger partial charge is 0.309 e. The lowest BCUT2D eigenvalue weighted by Crippen LogP contribution is -2.20. The van der Waals surface area contributed by atoms with E-state index < -0.39 is 0 Å². The van der Waals surface area contributed by atoms with Crippen LogP contribution in [-0.4, -0.2) is 18.0 Å². The predicted molar refractivity (Wildman–Crippen MR) is 88.4 cm³/mol. The molecule has 108 valence electrons. The molecule has 2 aromatic rings. The van der Waals surface area contributed by atoms with Crippen LogP contribution in [0, 0.1) is 0 Å². The van der Waals surface area contributed by atoms with E-state index in [9.17, 15) is 0 Å². The Kier molecular flexibility index (Phi) is 4.56. The van der Waals surface area contributed by atoms with Crippen LogP contribution in [0.1, 0.15) is 40.4 Å². The number of hydrogen-bond donors (Lipinski definition) is 1. The summed E-state index contributed by atoms with van der Waals surface area (Å²) < 4.78 is 0. The molecule has 1 saturated carbocycles. The fraction of sp³-hybridized carbons (Fsp3) is 0.500. The molecule has 2 aromatic heterocycles. The van der Waals surface area contributed by atoms with Gasteiger partial charge in [0.2, 0.25) is 0 Å². The van der Waals surface area contributed by atoms with Crippen molar-refractivity contribution in [1.29, 1.82) is 0 Å². The van der Waals surface area contributed by atoms with Crippen molar-refractivity contribution in [2.24, 2.45) is 0 Å². The van der Waals surface area contributed by atoms with E-state index in [4.69, 9.17) is 0 Å². The van der Waals surface area contributed by atoms with Crippen molar-refractivity contribution in [3.63, 3.8) is 0 Å². The zero-order chi connectivity index (χ0) is 13.9. The van der Waals surface area contributed by atoms with Crippen molar-refractivity contribution in [2.45, 2.75) is 44.9 Å². The van der Waals surface area contributed by atoms with Crippen molar-refractivity contribution in [3.8, 4) is 0 Å². The zero-order valence-electron chi connectivity index (χ0n) is 12.1. The van der Waals surface area contributed by atoms with Crippen LogP contribution in [-0.2, 0) is 13.1 Å². The Hall–Kier alpha value is -0.680. The van der Waals surface area contributed by atoms with E-state index in [2.05, 4.69) is 53.8 Å². The fourth-order valence-electron chi connectivity index (χ4n) is 2.26. The summed E-state index contributed by atoms with van der Waals surface area (Å²) in [6.07, 6.45) is 2.72. The molecule has 0 aromatic carbocycles. The minimum absolute atomic E-state index is 0.491. The number of thiophene rings is 2. The van der Waals surface area contributed by atoms with Gasteiger partial charge in [-0.2, -0.15) is 0 Å². The molecule has 4 heteroatoms. The average molecular weight is 307 g/mol. The van der Waals surface area contributed by atoms with Crippen molar-refractivity contribution in [3.05, 3.63) is 44.3 Å². The Morgan fingerprint density at radius 2 is 2.10 bits per heavy atom. The van der Waals surface area contributed by atoms with Crippen LogP contribution in [0.15, 0.2) is 29.6 Å². The third-order valence-electron chi connectivity index (χ3n) is 3.88. The summed E-state index contributed by atoms with van der Waals surface area (Å²) in [5, 5.41) is 5.74. The highest BCUT2D eigenvalue weighted by Crippen LogP contribution is 2.27. The molecule has 0 spiro atoms. The first-order chi connectivity index (χ1) is 9.72. The summed E-state index contributed by atoms with van der Waals surface area (Å²) in [4.78, 5) is 6.79. The number of rotatable bonds is 7. The van der Waals surface area contributed by atoms with Crippen LogP contribution in [0.25, 0.3) is 0 Å². The molecule has 0 bridgehead atoms. The van der Waals surface area contributed by atoms with Crippen LogP contribution in [0.4, 0.5) is 0 Å². The molecular weight excluding hydrogens is 284 g/mol. The van der Waals surface area contributed by atoms with Gasteiger partial charge in [0.25, 0.3) is 0 Å². The molecule has 2 heterocycles. The van der Waals surface area contributed by atoms with Crippen LogP contribution >= 0.6 is 22.7 Å². The Bertz CT molecular complexity index is 528.